The largest absolute Gasteiger partial charge is 0.325 e. The van der Waals surface area contributed by atoms with Crippen molar-refractivity contribution in [2.45, 2.75) is 18.2 Å². The predicted octanol–water partition coefficient (Wildman–Crippen LogP) is 4.28. The minimum Gasteiger partial charge on any atom is -0.325 e. The zero-order valence-corrected chi connectivity index (χ0v) is 16.8. The normalized spacial score (nSPS) is 10.5. The van der Waals surface area contributed by atoms with E-state index in [1.165, 1.54) is 41.3 Å². The third-order valence-electron chi connectivity index (χ3n) is 3.55. The number of thioether (sulfide) groups is 1. The number of halogens is 1. The molecule has 6 nitrogen and oxygen atoms in total. The van der Waals surface area contributed by atoms with Crippen LogP contribution in [0.1, 0.15) is 21.5 Å². The van der Waals surface area contributed by atoms with Gasteiger partial charge in [0.15, 0.2) is 4.34 Å². The minimum absolute atomic E-state index is 0.0934. The smallest absolute Gasteiger partial charge is 0.257 e. The number of nitrogens with one attached hydrogen (secondary N) is 2. The van der Waals surface area contributed by atoms with Gasteiger partial charge >= 0.3 is 0 Å². The van der Waals surface area contributed by atoms with Crippen molar-refractivity contribution in [2.75, 3.05) is 16.4 Å². The molecule has 0 aliphatic rings. The van der Waals surface area contributed by atoms with Crippen LogP contribution in [0.15, 0.2) is 46.8 Å². The lowest BCUT2D eigenvalue weighted by Crippen LogP contribution is -2.13. The summed E-state index contributed by atoms with van der Waals surface area (Å²) in [5.74, 6) is -0.871. The van der Waals surface area contributed by atoms with Gasteiger partial charge in [-0.15, -0.1) is 10.2 Å². The van der Waals surface area contributed by atoms with E-state index in [0.29, 0.717) is 20.7 Å². The molecule has 2 aromatic carbocycles. The van der Waals surface area contributed by atoms with Crippen LogP contribution in [0.3, 0.4) is 0 Å². The summed E-state index contributed by atoms with van der Waals surface area (Å²) in [5.41, 5.74) is 2.95. The van der Waals surface area contributed by atoms with Crippen LogP contribution in [0.5, 0.6) is 0 Å². The molecule has 2 amide bonds. The predicted molar refractivity (Wildman–Crippen MR) is 110 cm³/mol. The van der Waals surface area contributed by atoms with Crippen LogP contribution in [0.2, 0.25) is 0 Å². The van der Waals surface area contributed by atoms with Crippen LogP contribution in [0.25, 0.3) is 0 Å². The Labute approximate surface area is 169 Å². The summed E-state index contributed by atoms with van der Waals surface area (Å²) in [5, 5.41) is 13.6. The highest BCUT2D eigenvalue weighted by atomic mass is 32.2. The van der Waals surface area contributed by atoms with Crippen molar-refractivity contribution >= 4 is 45.7 Å². The highest BCUT2D eigenvalue weighted by molar-refractivity contribution is 8.01. The van der Waals surface area contributed by atoms with Gasteiger partial charge in [-0.25, -0.2) is 4.39 Å². The molecule has 0 fully saturated rings. The maximum absolute atomic E-state index is 13.1. The lowest BCUT2D eigenvalue weighted by Gasteiger charge is -2.04. The van der Waals surface area contributed by atoms with Crippen LogP contribution in [0, 0.1) is 19.7 Å². The van der Waals surface area contributed by atoms with E-state index in [1.807, 2.05) is 19.9 Å². The molecule has 28 heavy (non-hydrogen) atoms. The van der Waals surface area contributed by atoms with E-state index >= 15 is 0 Å². The Balaban J connectivity index is 1.53. The number of benzene rings is 2. The second kappa shape index (κ2) is 8.94. The van der Waals surface area contributed by atoms with Gasteiger partial charge in [-0.1, -0.05) is 46.4 Å². The molecular formula is C19H17FN4O2S2. The monoisotopic (exact) mass is 416 g/mol. The highest BCUT2D eigenvalue weighted by Gasteiger charge is 2.13. The fourth-order valence-corrected chi connectivity index (χ4v) is 4.03. The topological polar surface area (TPSA) is 84.0 Å². The van der Waals surface area contributed by atoms with Gasteiger partial charge in [0, 0.05) is 11.3 Å². The molecule has 0 saturated carbocycles. The first kappa shape index (κ1) is 20.0. The summed E-state index contributed by atoms with van der Waals surface area (Å²) in [4.78, 5) is 24.3. The Hall–Kier alpha value is -2.78. The summed E-state index contributed by atoms with van der Waals surface area (Å²) in [6.07, 6.45) is 0. The van der Waals surface area contributed by atoms with Gasteiger partial charge in [-0.05, 0) is 44.2 Å². The van der Waals surface area contributed by atoms with Crippen molar-refractivity contribution in [1.29, 1.82) is 0 Å². The average Bonchev–Trinajstić information content (AvgIpc) is 3.06. The first-order valence-corrected chi connectivity index (χ1v) is 10.1. The third kappa shape index (κ3) is 5.61. The van der Waals surface area contributed by atoms with Crippen molar-refractivity contribution in [3.05, 3.63) is 65.0 Å². The second-order valence-electron chi connectivity index (χ2n) is 6.05. The molecule has 3 aromatic rings. The summed E-state index contributed by atoms with van der Waals surface area (Å²) in [6, 6.07) is 11.3. The molecule has 1 heterocycles. The Morgan fingerprint density at radius 3 is 2.54 bits per heavy atom. The zero-order valence-electron chi connectivity index (χ0n) is 15.2. The van der Waals surface area contributed by atoms with Crippen molar-refractivity contribution < 1.29 is 14.0 Å². The van der Waals surface area contributed by atoms with E-state index in [9.17, 15) is 14.0 Å². The Morgan fingerprint density at radius 2 is 1.82 bits per heavy atom. The Kier molecular flexibility index (Phi) is 6.37. The van der Waals surface area contributed by atoms with Gasteiger partial charge in [0.2, 0.25) is 11.0 Å². The number of rotatable bonds is 6. The minimum atomic E-state index is -0.418. The number of carbonyl (C=O) groups excluding carboxylic acids is 2. The molecule has 3 rings (SSSR count). The number of nitrogens with zero attached hydrogens (tertiary/aromatic N) is 2. The van der Waals surface area contributed by atoms with E-state index < -0.39 is 5.82 Å². The number of anilines is 2. The van der Waals surface area contributed by atoms with Crippen LogP contribution >= 0.6 is 23.1 Å². The molecule has 0 radical (unpaired) electrons. The third-order valence-corrected chi connectivity index (χ3v) is 5.52. The van der Waals surface area contributed by atoms with E-state index in [-0.39, 0.29) is 17.6 Å². The van der Waals surface area contributed by atoms with Crippen LogP contribution in [0.4, 0.5) is 15.2 Å². The SMILES string of the molecule is Cc1cc(C)cc(C(=O)Nc2nnc(SCC(=O)Nc3cccc(F)c3)s2)c1. The number of aromatic nitrogens is 2. The summed E-state index contributed by atoms with van der Waals surface area (Å²) in [6.45, 7) is 3.86. The molecule has 0 spiro atoms. The van der Waals surface area contributed by atoms with Crippen molar-refractivity contribution in [2.24, 2.45) is 0 Å². The van der Waals surface area contributed by atoms with Gasteiger partial charge in [0.1, 0.15) is 5.82 Å². The maximum Gasteiger partial charge on any atom is 0.257 e. The Bertz CT molecular complexity index is 1000. The highest BCUT2D eigenvalue weighted by Crippen LogP contribution is 2.26. The Morgan fingerprint density at radius 1 is 1.07 bits per heavy atom. The molecule has 0 aliphatic carbocycles. The molecule has 0 aliphatic heterocycles. The first-order chi connectivity index (χ1) is 13.4. The first-order valence-electron chi connectivity index (χ1n) is 8.30. The molecule has 0 saturated heterocycles. The number of hydrogen-bond acceptors (Lipinski definition) is 6. The molecule has 0 bridgehead atoms. The average molecular weight is 417 g/mol. The van der Waals surface area contributed by atoms with Gasteiger partial charge in [-0.2, -0.15) is 0 Å². The number of aryl methyl sites for hydroxylation is 2. The van der Waals surface area contributed by atoms with E-state index in [1.54, 1.807) is 18.2 Å². The fraction of sp³-hybridized carbons (Fsp3) is 0.158. The molecule has 0 unspecified atom stereocenters. The van der Waals surface area contributed by atoms with Gasteiger partial charge in [0.05, 0.1) is 5.75 Å². The van der Waals surface area contributed by atoms with Crippen molar-refractivity contribution in [1.82, 2.24) is 10.2 Å². The molecule has 1 aromatic heterocycles. The summed E-state index contributed by atoms with van der Waals surface area (Å²) >= 11 is 2.37. The molecular weight excluding hydrogens is 399 g/mol. The van der Waals surface area contributed by atoms with Gasteiger partial charge in [0.25, 0.3) is 5.91 Å². The van der Waals surface area contributed by atoms with Crippen molar-refractivity contribution in [3.8, 4) is 0 Å². The molecule has 2 N–H and O–H groups in total. The molecule has 144 valence electrons. The lowest BCUT2D eigenvalue weighted by atomic mass is 10.1. The lowest BCUT2D eigenvalue weighted by molar-refractivity contribution is -0.113. The van der Waals surface area contributed by atoms with Gasteiger partial charge in [-0.3, -0.25) is 14.9 Å². The summed E-state index contributed by atoms with van der Waals surface area (Å²) in [7, 11) is 0. The van der Waals surface area contributed by atoms with E-state index in [2.05, 4.69) is 20.8 Å². The quantitative estimate of drug-likeness (QED) is 0.463. The van der Waals surface area contributed by atoms with E-state index in [0.717, 1.165) is 11.1 Å². The maximum atomic E-state index is 13.1. The zero-order chi connectivity index (χ0) is 20.1. The van der Waals surface area contributed by atoms with Crippen LogP contribution < -0.4 is 10.6 Å². The summed E-state index contributed by atoms with van der Waals surface area (Å²) < 4.78 is 13.7. The van der Waals surface area contributed by atoms with E-state index in [4.69, 9.17) is 0 Å². The van der Waals surface area contributed by atoms with Crippen LogP contribution in [-0.2, 0) is 4.79 Å². The van der Waals surface area contributed by atoms with Crippen molar-refractivity contribution in [3.63, 3.8) is 0 Å². The fourth-order valence-electron chi connectivity index (χ4n) is 2.48. The molecule has 9 heteroatoms. The second-order valence-corrected chi connectivity index (χ2v) is 8.25. The van der Waals surface area contributed by atoms with Gasteiger partial charge < -0.3 is 5.32 Å². The van der Waals surface area contributed by atoms with Crippen LogP contribution in [-0.4, -0.2) is 27.8 Å². The molecule has 0 atom stereocenters. The number of amides is 2. The number of hydrogen-bond donors (Lipinski definition) is 2. The standard InChI is InChI=1S/C19H17FN4O2S2/c1-11-6-12(2)8-13(7-11)17(26)22-18-23-24-19(28-18)27-10-16(25)21-15-5-3-4-14(20)9-15/h3-9H,10H2,1-2H3,(H,21,25)(H,22,23,26). The number of carbonyl (C=O) groups is 2.